The van der Waals surface area contributed by atoms with Crippen molar-refractivity contribution in [2.24, 2.45) is 5.73 Å². The number of hydrogen-bond donors (Lipinski definition) is 1. The lowest BCUT2D eigenvalue weighted by Gasteiger charge is -2.01. The fraction of sp³-hybridized carbons (Fsp3) is 0.143. The van der Waals surface area contributed by atoms with E-state index in [0.29, 0.717) is 0 Å². The molecule has 0 fully saturated rings. The molecule has 12 heavy (non-hydrogen) atoms. The molecular formula is C7H7FN2O2. The monoisotopic (exact) mass is 170 g/mol. The number of rotatable bonds is 2. The van der Waals surface area contributed by atoms with Gasteiger partial charge in [-0.3, -0.25) is 4.79 Å². The van der Waals surface area contributed by atoms with E-state index in [1.165, 1.54) is 7.11 Å². The molecule has 2 N–H and O–H groups in total. The number of pyridine rings is 1. The lowest BCUT2D eigenvalue weighted by molar-refractivity contribution is 0.0995. The Bertz CT molecular complexity index is 314. The van der Waals surface area contributed by atoms with Crippen LogP contribution in [0.25, 0.3) is 0 Å². The third-order valence-corrected chi connectivity index (χ3v) is 1.29. The van der Waals surface area contributed by atoms with E-state index in [-0.39, 0.29) is 11.4 Å². The molecule has 0 radical (unpaired) electrons. The minimum absolute atomic E-state index is 0.0201. The van der Waals surface area contributed by atoms with Gasteiger partial charge in [-0.2, -0.15) is 0 Å². The molecule has 4 nitrogen and oxygen atoms in total. The highest BCUT2D eigenvalue weighted by Gasteiger charge is 2.07. The van der Waals surface area contributed by atoms with Crippen molar-refractivity contribution >= 4 is 5.91 Å². The van der Waals surface area contributed by atoms with Crippen molar-refractivity contribution in [3.8, 4) is 5.75 Å². The quantitative estimate of drug-likeness (QED) is 0.695. The number of carbonyl (C=O) groups is 1. The number of nitrogens with two attached hydrogens (primary N) is 1. The molecule has 0 spiro atoms. The van der Waals surface area contributed by atoms with Crippen LogP contribution in [0.2, 0.25) is 0 Å². The topological polar surface area (TPSA) is 65.2 Å². The second-order valence-electron chi connectivity index (χ2n) is 2.07. The lowest BCUT2D eigenvalue weighted by Crippen LogP contribution is -2.13. The summed E-state index contributed by atoms with van der Waals surface area (Å²) in [5, 5.41) is 0. The van der Waals surface area contributed by atoms with E-state index >= 15 is 0 Å². The van der Waals surface area contributed by atoms with Crippen LogP contribution in [0.3, 0.4) is 0 Å². The van der Waals surface area contributed by atoms with Crippen LogP contribution in [-0.2, 0) is 0 Å². The molecule has 64 valence electrons. The maximum absolute atomic E-state index is 12.7. The van der Waals surface area contributed by atoms with Gasteiger partial charge in [0.05, 0.1) is 13.3 Å². The zero-order chi connectivity index (χ0) is 9.14. The molecular weight excluding hydrogens is 163 g/mol. The fourth-order valence-corrected chi connectivity index (χ4v) is 0.711. The first kappa shape index (κ1) is 8.45. The maximum atomic E-state index is 12.7. The maximum Gasteiger partial charge on any atom is 0.267 e. The zero-order valence-corrected chi connectivity index (χ0v) is 6.37. The number of aromatic nitrogens is 1. The van der Waals surface area contributed by atoms with E-state index in [4.69, 9.17) is 5.73 Å². The first-order valence-corrected chi connectivity index (χ1v) is 3.14. The lowest BCUT2D eigenvalue weighted by atomic mass is 10.3. The Morgan fingerprint density at radius 3 is 2.92 bits per heavy atom. The molecule has 0 saturated carbocycles. The predicted molar refractivity (Wildman–Crippen MR) is 39.3 cm³/mol. The number of methoxy groups -OCH3 is 1. The number of ether oxygens (including phenoxy) is 1. The molecule has 1 aromatic rings. The SMILES string of the molecule is COc1cc(C(N)=O)ncc1F. The van der Waals surface area contributed by atoms with Gasteiger partial charge in [0, 0.05) is 6.07 Å². The molecule has 0 aliphatic heterocycles. The standard InChI is InChI=1S/C7H7FN2O2/c1-12-6-2-5(7(9)11)10-3-4(6)8/h2-3H,1H3,(H2,9,11). The summed E-state index contributed by atoms with van der Waals surface area (Å²) in [4.78, 5) is 14.0. The van der Waals surface area contributed by atoms with Gasteiger partial charge in [0.25, 0.3) is 5.91 Å². The Hall–Kier alpha value is -1.65. The van der Waals surface area contributed by atoms with Gasteiger partial charge in [0.1, 0.15) is 5.69 Å². The molecule has 0 aromatic carbocycles. The van der Waals surface area contributed by atoms with Crippen molar-refractivity contribution in [3.63, 3.8) is 0 Å². The Morgan fingerprint density at radius 2 is 2.42 bits per heavy atom. The molecule has 0 aliphatic rings. The van der Waals surface area contributed by atoms with Gasteiger partial charge < -0.3 is 10.5 Å². The number of hydrogen-bond acceptors (Lipinski definition) is 3. The van der Waals surface area contributed by atoms with Crippen molar-refractivity contribution in [1.82, 2.24) is 4.98 Å². The van der Waals surface area contributed by atoms with E-state index in [2.05, 4.69) is 9.72 Å². The van der Waals surface area contributed by atoms with E-state index in [0.717, 1.165) is 12.3 Å². The summed E-state index contributed by atoms with van der Waals surface area (Å²) < 4.78 is 17.3. The largest absolute Gasteiger partial charge is 0.494 e. The van der Waals surface area contributed by atoms with Crippen LogP contribution in [-0.4, -0.2) is 18.0 Å². The Kier molecular flexibility index (Phi) is 2.23. The average Bonchev–Trinajstić information content (AvgIpc) is 2.05. The first-order chi connectivity index (χ1) is 5.65. The van der Waals surface area contributed by atoms with Crippen molar-refractivity contribution in [2.45, 2.75) is 0 Å². The zero-order valence-electron chi connectivity index (χ0n) is 6.37. The van der Waals surface area contributed by atoms with E-state index < -0.39 is 11.7 Å². The van der Waals surface area contributed by atoms with E-state index in [1.54, 1.807) is 0 Å². The molecule has 1 rings (SSSR count). The highest BCUT2D eigenvalue weighted by molar-refractivity contribution is 5.91. The third-order valence-electron chi connectivity index (χ3n) is 1.29. The highest BCUT2D eigenvalue weighted by Crippen LogP contribution is 2.15. The van der Waals surface area contributed by atoms with Gasteiger partial charge in [0.2, 0.25) is 0 Å². The van der Waals surface area contributed by atoms with Crippen molar-refractivity contribution < 1.29 is 13.9 Å². The summed E-state index contributed by atoms with van der Waals surface area (Å²) in [5.74, 6) is -1.38. The third kappa shape index (κ3) is 1.50. The molecule has 0 aliphatic carbocycles. The predicted octanol–water partition coefficient (Wildman–Crippen LogP) is 0.328. The molecule has 5 heteroatoms. The number of nitrogens with zero attached hydrogens (tertiary/aromatic N) is 1. The van der Waals surface area contributed by atoms with Crippen LogP contribution < -0.4 is 10.5 Å². The summed E-state index contributed by atoms with van der Waals surface area (Å²) in [6, 6.07) is 1.15. The highest BCUT2D eigenvalue weighted by atomic mass is 19.1. The molecule has 0 unspecified atom stereocenters. The van der Waals surface area contributed by atoms with Gasteiger partial charge in [0.15, 0.2) is 11.6 Å². The summed E-state index contributed by atoms with van der Waals surface area (Å²) >= 11 is 0. The van der Waals surface area contributed by atoms with Gasteiger partial charge in [-0.05, 0) is 0 Å². The van der Waals surface area contributed by atoms with Crippen LogP contribution >= 0.6 is 0 Å². The van der Waals surface area contributed by atoms with E-state index in [1.807, 2.05) is 0 Å². The van der Waals surface area contributed by atoms with Crippen molar-refractivity contribution in [2.75, 3.05) is 7.11 Å². The number of amides is 1. The van der Waals surface area contributed by atoms with Gasteiger partial charge in [-0.15, -0.1) is 0 Å². The summed E-state index contributed by atoms with van der Waals surface area (Å²) in [5.41, 5.74) is 4.89. The van der Waals surface area contributed by atoms with Gasteiger partial charge in [-0.25, -0.2) is 9.37 Å². The van der Waals surface area contributed by atoms with Crippen LogP contribution in [0.4, 0.5) is 4.39 Å². The summed E-state index contributed by atoms with van der Waals surface area (Å²) in [6.07, 6.45) is 0.888. The van der Waals surface area contributed by atoms with Crippen molar-refractivity contribution in [1.29, 1.82) is 0 Å². The van der Waals surface area contributed by atoms with Crippen LogP contribution in [0.5, 0.6) is 5.75 Å². The van der Waals surface area contributed by atoms with Gasteiger partial charge >= 0.3 is 0 Å². The Balaban J connectivity index is 3.13. The van der Waals surface area contributed by atoms with E-state index in [9.17, 15) is 9.18 Å². The fourth-order valence-electron chi connectivity index (χ4n) is 0.711. The normalized spacial score (nSPS) is 9.50. The van der Waals surface area contributed by atoms with Gasteiger partial charge in [-0.1, -0.05) is 0 Å². The number of primary amides is 1. The molecule has 0 atom stereocenters. The minimum Gasteiger partial charge on any atom is -0.494 e. The number of carbonyl (C=O) groups excluding carboxylic acids is 1. The number of halogens is 1. The Morgan fingerprint density at radius 1 is 1.75 bits per heavy atom. The second kappa shape index (κ2) is 3.17. The average molecular weight is 170 g/mol. The minimum atomic E-state index is -0.715. The molecule has 1 heterocycles. The van der Waals surface area contributed by atoms with Crippen LogP contribution in [0, 0.1) is 5.82 Å². The summed E-state index contributed by atoms with van der Waals surface area (Å²) in [6.45, 7) is 0. The molecule has 1 aromatic heterocycles. The molecule has 0 bridgehead atoms. The molecule has 1 amide bonds. The second-order valence-corrected chi connectivity index (χ2v) is 2.07. The smallest absolute Gasteiger partial charge is 0.267 e. The molecule has 0 saturated heterocycles. The van der Waals surface area contributed by atoms with Crippen LogP contribution in [0.15, 0.2) is 12.3 Å². The summed E-state index contributed by atoms with van der Waals surface area (Å²) in [7, 11) is 1.29. The van der Waals surface area contributed by atoms with Crippen molar-refractivity contribution in [3.05, 3.63) is 23.8 Å². The van der Waals surface area contributed by atoms with Crippen LogP contribution in [0.1, 0.15) is 10.5 Å². The first-order valence-electron chi connectivity index (χ1n) is 3.14. The Labute approximate surface area is 68.2 Å².